The smallest absolute Gasteiger partial charge is 0.246 e. The van der Waals surface area contributed by atoms with Gasteiger partial charge in [0.2, 0.25) is 11.8 Å². The summed E-state index contributed by atoms with van der Waals surface area (Å²) in [5, 5.41) is 1.69. The van der Waals surface area contributed by atoms with Crippen LogP contribution in [0.5, 0.6) is 0 Å². The van der Waals surface area contributed by atoms with Crippen molar-refractivity contribution >= 4 is 50.7 Å². The van der Waals surface area contributed by atoms with Gasteiger partial charge in [-0.05, 0) is 24.3 Å². The molecule has 2 aromatic carbocycles. The summed E-state index contributed by atoms with van der Waals surface area (Å²) in [5.74, 6) is -0.728. The molecule has 0 spiro atoms. The van der Waals surface area contributed by atoms with Gasteiger partial charge in [-0.15, -0.1) is 11.6 Å². The summed E-state index contributed by atoms with van der Waals surface area (Å²) in [7, 11) is 1.63. The molecule has 2 atom stereocenters. The zero-order valence-electron chi connectivity index (χ0n) is 12.4. The predicted molar refractivity (Wildman–Crippen MR) is 97.3 cm³/mol. The molecule has 0 aliphatic rings. The van der Waals surface area contributed by atoms with Gasteiger partial charge in [0, 0.05) is 18.4 Å². The highest BCUT2D eigenvalue weighted by Gasteiger charge is 2.32. The Bertz CT molecular complexity index is 667. The largest absolute Gasteiger partial charge is 0.325 e. The molecule has 0 saturated carbocycles. The Labute approximate surface area is 148 Å². The van der Waals surface area contributed by atoms with Crippen molar-refractivity contribution in [3.05, 3.63) is 60.7 Å². The number of amides is 2. The summed E-state index contributed by atoms with van der Waals surface area (Å²) < 4.78 is 0. The number of halogens is 2. The summed E-state index contributed by atoms with van der Waals surface area (Å²) in [6.45, 7) is 0. The van der Waals surface area contributed by atoms with Crippen molar-refractivity contribution in [2.75, 3.05) is 17.3 Å². The molecule has 0 aliphatic carbocycles. The van der Waals surface area contributed by atoms with Gasteiger partial charge in [-0.25, -0.2) is 0 Å². The van der Waals surface area contributed by atoms with Gasteiger partial charge in [0.05, 0.1) is 0 Å². The average molecular weight is 396 g/mol. The number of anilines is 2. The van der Waals surface area contributed by atoms with Crippen molar-refractivity contribution in [1.29, 1.82) is 0 Å². The van der Waals surface area contributed by atoms with Crippen LogP contribution in [0.15, 0.2) is 60.7 Å². The maximum atomic E-state index is 12.4. The van der Waals surface area contributed by atoms with E-state index in [-0.39, 0.29) is 11.8 Å². The molecule has 6 heteroatoms. The summed E-state index contributed by atoms with van der Waals surface area (Å²) in [6, 6.07) is 18.1. The normalized spacial score (nSPS) is 13.0. The maximum Gasteiger partial charge on any atom is 0.246 e. The molecule has 0 aliphatic heterocycles. The van der Waals surface area contributed by atoms with Gasteiger partial charge in [-0.1, -0.05) is 52.3 Å². The summed E-state index contributed by atoms with van der Waals surface area (Å²) in [5.41, 5.74) is 1.36. The number of nitrogens with zero attached hydrogens (tertiary/aromatic N) is 1. The van der Waals surface area contributed by atoms with Crippen molar-refractivity contribution in [1.82, 2.24) is 0 Å². The first-order valence-corrected chi connectivity index (χ1v) is 8.32. The average Bonchev–Trinajstić information content (AvgIpc) is 2.60. The fourth-order valence-electron chi connectivity index (χ4n) is 1.95. The van der Waals surface area contributed by atoms with E-state index in [0.29, 0.717) is 11.4 Å². The van der Waals surface area contributed by atoms with E-state index in [4.69, 9.17) is 11.6 Å². The molecule has 4 nitrogen and oxygen atoms in total. The maximum absolute atomic E-state index is 12.4. The van der Waals surface area contributed by atoms with E-state index in [1.807, 2.05) is 36.4 Å². The molecule has 0 radical (unpaired) electrons. The van der Waals surface area contributed by atoms with Gasteiger partial charge in [0.1, 0.15) is 10.2 Å². The Morgan fingerprint density at radius 1 is 1.04 bits per heavy atom. The van der Waals surface area contributed by atoms with E-state index >= 15 is 0 Å². The van der Waals surface area contributed by atoms with E-state index in [1.54, 1.807) is 31.3 Å². The number of para-hydroxylation sites is 2. The standard InChI is InChI=1S/C17H16BrClN2O2/c1-21(13-10-6-3-7-11-13)17(23)15(19)14(18)16(22)20-12-8-4-2-5-9-12/h2-11,14-15H,1H3,(H,20,22). The molecule has 2 unspecified atom stereocenters. The minimum absolute atomic E-state index is 0.358. The number of hydrogen-bond donors (Lipinski definition) is 1. The Kier molecular flexibility index (Phi) is 6.19. The Hall–Kier alpha value is -1.85. The van der Waals surface area contributed by atoms with Crippen LogP contribution in [0, 0.1) is 0 Å². The number of rotatable bonds is 5. The van der Waals surface area contributed by atoms with E-state index in [0.717, 1.165) is 0 Å². The Morgan fingerprint density at radius 2 is 1.57 bits per heavy atom. The van der Waals surface area contributed by atoms with Gasteiger partial charge in [-0.3, -0.25) is 9.59 Å². The van der Waals surface area contributed by atoms with Gasteiger partial charge in [0.15, 0.2) is 0 Å². The van der Waals surface area contributed by atoms with E-state index in [2.05, 4.69) is 21.2 Å². The number of nitrogens with one attached hydrogen (secondary N) is 1. The fraction of sp³-hybridized carbons (Fsp3) is 0.176. The molecular weight excluding hydrogens is 380 g/mol. The van der Waals surface area contributed by atoms with Crippen LogP contribution in [-0.2, 0) is 9.59 Å². The summed E-state index contributed by atoms with van der Waals surface area (Å²) in [6.07, 6.45) is 0. The molecule has 2 rings (SSSR count). The van der Waals surface area contributed by atoms with Crippen LogP contribution >= 0.6 is 27.5 Å². The topological polar surface area (TPSA) is 49.4 Å². The molecule has 1 N–H and O–H groups in total. The van der Waals surface area contributed by atoms with Crippen LogP contribution in [0.3, 0.4) is 0 Å². The highest BCUT2D eigenvalue weighted by atomic mass is 79.9. The highest BCUT2D eigenvalue weighted by molar-refractivity contribution is 9.10. The van der Waals surface area contributed by atoms with E-state index in [9.17, 15) is 9.59 Å². The van der Waals surface area contributed by atoms with Crippen LogP contribution < -0.4 is 10.2 Å². The quantitative estimate of drug-likeness (QED) is 0.786. The molecule has 0 bridgehead atoms. The lowest BCUT2D eigenvalue weighted by atomic mass is 10.2. The third-order valence-corrected chi connectivity index (χ3v) is 4.95. The van der Waals surface area contributed by atoms with Crippen LogP contribution in [0.2, 0.25) is 0 Å². The SMILES string of the molecule is CN(C(=O)C(Cl)C(Br)C(=O)Nc1ccccc1)c1ccccc1. The number of alkyl halides is 2. The molecule has 0 heterocycles. The zero-order chi connectivity index (χ0) is 16.8. The lowest BCUT2D eigenvalue weighted by Crippen LogP contribution is -2.42. The third kappa shape index (κ3) is 4.56. The van der Waals surface area contributed by atoms with Crippen molar-refractivity contribution in [2.45, 2.75) is 10.2 Å². The third-order valence-electron chi connectivity index (χ3n) is 3.26. The van der Waals surface area contributed by atoms with E-state index in [1.165, 1.54) is 4.90 Å². The first-order valence-electron chi connectivity index (χ1n) is 6.97. The summed E-state index contributed by atoms with van der Waals surface area (Å²) >= 11 is 9.40. The molecule has 23 heavy (non-hydrogen) atoms. The van der Waals surface area contributed by atoms with Crippen molar-refractivity contribution < 1.29 is 9.59 Å². The minimum atomic E-state index is -1.02. The molecule has 2 aromatic rings. The zero-order valence-corrected chi connectivity index (χ0v) is 14.8. The Morgan fingerprint density at radius 3 is 2.13 bits per heavy atom. The number of carbonyl (C=O) groups excluding carboxylic acids is 2. The first-order chi connectivity index (χ1) is 11.0. The molecular formula is C17H16BrClN2O2. The second kappa shape index (κ2) is 8.13. The van der Waals surface area contributed by atoms with Crippen LogP contribution in [0.25, 0.3) is 0 Å². The lowest BCUT2D eigenvalue weighted by molar-refractivity contribution is -0.121. The molecule has 0 saturated heterocycles. The van der Waals surface area contributed by atoms with E-state index < -0.39 is 10.2 Å². The number of carbonyl (C=O) groups is 2. The van der Waals surface area contributed by atoms with Crippen molar-refractivity contribution in [3.8, 4) is 0 Å². The van der Waals surface area contributed by atoms with Gasteiger partial charge in [0.25, 0.3) is 0 Å². The van der Waals surface area contributed by atoms with Crippen molar-refractivity contribution in [3.63, 3.8) is 0 Å². The predicted octanol–water partition coefficient (Wildman–Crippen LogP) is 3.66. The molecule has 0 fully saturated rings. The fourth-order valence-corrected chi connectivity index (χ4v) is 2.56. The molecule has 0 aromatic heterocycles. The second-order valence-corrected chi connectivity index (χ2v) is 6.35. The first kappa shape index (κ1) is 17.5. The molecule has 2 amide bonds. The van der Waals surface area contributed by atoms with Gasteiger partial charge < -0.3 is 10.2 Å². The number of benzene rings is 2. The summed E-state index contributed by atoms with van der Waals surface area (Å²) in [4.78, 5) is 25.2. The molecule has 120 valence electrons. The highest BCUT2D eigenvalue weighted by Crippen LogP contribution is 2.20. The lowest BCUT2D eigenvalue weighted by Gasteiger charge is -2.22. The monoisotopic (exact) mass is 394 g/mol. The minimum Gasteiger partial charge on any atom is -0.325 e. The second-order valence-electron chi connectivity index (χ2n) is 4.89. The van der Waals surface area contributed by atoms with Crippen LogP contribution in [0.1, 0.15) is 0 Å². The van der Waals surface area contributed by atoms with Crippen LogP contribution in [-0.4, -0.2) is 29.1 Å². The van der Waals surface area contributed by atoms with Crippen LogP contribution in [0.4, 0.5) is 11.4 Å². The van der Waals surface area contributed by atoms with Gasteiger partial charge >= 0.3 is 0 Å². The van der Waals surface area contributed by atoms with Gasteiger partial charge in [-0.2, -0.15) is 0 Å². The Balaban J connectivity index is 2.02. The van der Waals surface area contributed by atoms with Crippen molar-refractivity contribution in [2.24, 2.45) is 0 Å². The number of hydrogen-bond acceptors (Lipinski definition) is 2.